The molecule has 0 fully saturated rings. The number of anilines is 1. The van der Waals surface area contributed by atoms with E-state index in [0.717, 1.165) is 34.1 Å². The molecule has 0 saturated carbocycles. The third-order valence-corrected chi connectivity index (χ3v) is 4.66. The van der Waals surface area contributed by atoms with Gasteiger partial charge in [-0.15, -0.1) is 0 Å². The summed E-state index contributed by atoms with van der Waals surface area (Å²) in [6, 6.07) is 14.3. The average Bonchev–Trinajstić information content (AvgIpc) is 3.05. The average molecular weight is 360 g/mol. The Kier molecular flexibility index (Phi) is 4.25. The van der Waals surface area contributed by atoms with Crippen LogP contribution in [-0.4, -0.2) is 15.1 Å². The Hall–Kier alpha value is -3.38. The number of aromatic hydroxyl groups is 1. The number of rotatable bonds is 4. The third-order valence-electron chi connectivity index (χ3n) is 4.66. The molecule has 4 aromatic rings. The van der Waals surface area contributed by atoms with Crippen LogP contribution in [-0.2, 0) is 6.42 Å². The lowest BCUT2D eigenvalue weighted by molar-refractivity contribution is 0.474. The Bertz CT molecular complexity index is 1120. The predicted octanol–water partition coefficient (Wildman–Crippen LogP) is 3.79. The smallest absolute Gasteiger partial charge is 0.220 e. The highest BCUT2D eigenvalue weighted by Gasteiger charge is 2.18. The minimum Gasteiger partial charge on any atom is -0.508 e. The lowest BCUT2D eigenvalue weighted by atomic mass is 9.96. The first-order chi connectivity index (χ1) is 13.1. The molecule has 6 heteroatoms. The van der Waals surface area contributed by atoms with Crippen LogP contribution in [0.2, 0.25) is 0 Å². The summed E-state index contributed by atoms with van der Waals surface area (Å²) in [5.74, 6) is 1.11. The third kappa shape index (κ3) is 3.11. The van der Waals surface area contributed by atoms with Gasteiger partial charge in [0.05, 0.1) is 6.04 Å². The number of nitrogens with zero attached hydrogens (tertiary/aromatic N) is 2. The second kappa shape index (κ2) is 6.74. The van der Waals surface area contributed by atoms with E-state index in [4.69, 9.17) is 15.9 Å². The predicted molar refractivity (Wildman–Crippen MR) is 105 cm³/mol. The second-order valence-electron chi connectivity index (χ2n) is 6.39. The van der Waals surface area contributed by atoms with Crippen LogP contribution in [0.3, 0.4) is 0 Å². The van der Waals surface area contributed by atoms with Crippen molar-refractivity contribution in [3.8, 4) is 17.2 Å². The minimum absolute atomic E-state index is 0.199. The largest absolute Gasteiger partial charge is 0.508 e. The molecule has 1 atom stereocenters. The first kappa shape index (κ1) is 17.1. The molecule has 5 N–H and O–H groups in total. The number of phenols is 1. The first-order valence-corrected chi connectivity index (χ1v) is 8.75. The van der Waals surface area contributed by atoms with Crippen molar-refractivity contribution < 1.29 is 9.52 Å². The van der Waals surface area contributed by atoms with Crippen LogP contribution in [0.4, 0.5) is 5.95 Å². The zero-order valence-electron chi connectivity index (χ0n) is 14.9. The molecule has 0 bridgehead atoms. The molecule has 4 rings (SSSR count). The van der Waals surface area contributed by atoms with E-state index in [1.807, 2.05) is 24.3 Å². The molecule has 2 heterocycles. The summed E-state index contributed by atoms with van der Waals surface area (Å²) in [6.45, 7) is 2.07. The normalized spacial score (nSPS) is 12.4. The molecule has 0 aliphatic heterocycles. The van der Waals surface area contributed by atoms with Crippen molar-refractivity contribution >= 4 is 16.9 Å². The summed E-state index contributed by atoms with van der Waals surface area (Å²) in [7, 11) is 0. The molecule has 0 spiro atoms. The highest BCUT2D eigenvalue weighted by Crippen LogP contribution is 2.35. The number of fused-ring (bicyclic) bond motifs is 1. The first-order valence-electron chi connectivity index (χ1n) is 8.75. The van der Waals surface area contributed by atoms with E-state index >= 15 is 0 Å². The van der Waals surface area contributed by atoms with E-state index in [1.54, 1.807) is 30.5 Å². The van der Waals surface area contributed by atoms with Gasteiger partial charge in [0, 0.05) is 17.1 Å². The summed E-state index contributed by atoms with van der Waals surface area (Å²) >= 11 is 0. The summed E-state index contributed by atoms with van der Waals surface area (Å²) in [6.07, 6.45) is 2.39. The number of furan rings is 1. The van der Waals surface area contributed by atoms with E-state index in [0.29, 0.717) is 11.5 Å². The Morgan fingerprint density at radius 2 is 1.93 bits per heavy atom. The fraction of sp³-hybridized carbons (Fsp3) is 0.143. The highest BCUT2D eigenvalue weighted by atomic mass is 16.3. The topological polar surface area (TPSA) is 111 Å². The quantitative estimate of drug-likeness (QED) is 0.510. The van der Waals surface area contributed by atoms with Gasteiger partial charge in [0.15, 0.2) is 5.76 Å². The van der Waals surface area contributed by atoms with Gasteiger partial charge in [-0.05, 0) is 47.9 Å². The van der Waals surface area contributed by atoms with Crippen LogP contribution < -0.4 is 11.5 Å². The van der Waals surface area contributed by atoms with Crippen LogP contribution >= 0.6 is 0 Å². The van der Waals surface area contributed by atoms with Gasteiger partial charge in [-0.3, -0.25) is 0 Å². The molecule has 6 nitrogen and oxygen atoms in total. The van der Waals surface area contributed by atoms with E-state index in [-0.39, 0.29) is 17.7 Å². The van der Waals surface area contributed by atoms with Crippen molar-refractivity contribution in [2.24, 2.45) is 5.73 Å². The van der Waals surface area contributed by atoms with E-state index in [1.165, 1.54) is 0 Å². The van der Waals surface area contributed by atoms with Gasteiger partial charge in [-0.1, -0.05) is 25.1 Å². The van der Waals surface area contributed by atoms with Crippen LogP contribution in [0.25, 0.3) is 22.4 Å². The van der Waals surface area contributed by atoms with Gasteiger partial charge in [0.2, 0.25) is 5.95 Å². The van der Waals surface area contributed by atoms with Crippen molar-refractivity contribution in [1.82, 2.24) is 9.97 Å². The maximum absolute atomic E-state index is 9.72. The molecule has 0 amide bonds. The van der Waals surface area contributed by atoms with Crippen LogP contribution in [0.15, 0.2) is 59.1 Å². The van der Waals surface area contributed by atoms with Crippen molar-refractivity contribution in [2.75, 3.05) is 5.73 Å². The fourth-order valence-corrected chi connectivity index (χ4v) is 3.33. The van der Waals surface area contributed by atoms with E-state index < -0.39 is 0 Å². The molecule has 1 unspecified atom stereocenters. The van der Waals surface area contributed by atoms with Crippen molar-refractivity contribution in [1.29, 1.82) is 0 Å². The maximum atomic E-state index is 9.72. The zero-order valence-corrected chi connectivity index (χ0v) is 14.9. The van der Waals surface area contributed by atoms with Gasteiger partial charge < -0.3 is 21.0 Å². The molecule has 0 saturated heterocycles. The van der Waals surface area contributed by atoms with Crippen LogP contribution in [0, 0.1) is 0 Å². The molecule has 27 heavy (non-hydrogen) atoms. The SMILES string of the molecule is CCc1c(-c2ccnc(N)n2)oc2ccc(C(N)c3cccc(O)c3)cc12. The van der Waals surface area contributed by atoms with Gasteiger partial charge in [-0.25, -0.2) is 9.97 Å². The lowest BCUT2D eigenvalue weighted by Gasteiger charge is -2.13. The van der Waals surface area contributed by atoms with Gasteiger partial charge in [0.1, 0.15) is 17.0 Å². The standard InChI is InChI=1S/C21H20N4O2/c1-2-15-16-11-13(19(22)12-4-3-5-14(26)10-12)6-7-18(16)27-20(15)17-8-9-24-21(23)25-17/h3-11,19,26H,2,22H2,1H3,(H2,23,24,25). The number of nitrogen functional groups attached to an aromatic ring is 1. The van der Waals surface area contributed by atoms with E-state index in [2.05, 4.69) is 16.9 Å². The molecule has 0 aliphatic carbocycles. The second-order valence-corrected chi connectivity index (χ2v) is 6.39. The van der Waals surface area contributed by atoms with Gasteiger partial charge in [-0.2, -0.15) is 0 Å². The number of benzene rings is 2. The molecule has 2 aromatic heterocycles. The summed E-state index contributed by atoms with van der Waals surface area (Å²) in [4.78, 5) is 8.22. The Balaban J connectivity index is 1.82. The van der Waals surface area contributed by atoms with Gasteiger partial charge >= 0.3 is 0 Å². The lowest BCUT2D eigenvalue weighted by Crippen LogP contribution is -2.11. The number of aromatic nitrogens is 2. The Labute approximate surface area is 156 Å². The monoisotopic (exact) mass is 360 g/mol. The highest BCUT2D eigenvalue weighted by molar-refractivity contribution is 5.88. The molecule has 0 aliphatic rings. The zero-order chi connectivity index (χ0) is 19.0. The number of hydrogen-bond acceptors (Lipinski definition) is 6. The Morgan fingerprint density at radius 3 is 2.67 bits per heavy atom. The van der Waals surface area contributed by atoms with Crippen LogP contribution in [0.1, 0.15) is 29.7 Å². The summed E-state index contributed by atoms with van der Waals surface area (Å²) in [5, 5.41) is 10.7. The molecule has 2 aromatic carbocycles. The maximum Gasteiger partial charge on any atom is 0.220 e. The van der Waals surface area contributed by atoms with E-state index in [9.17, 15) is 5.11 Å². The fourth-order valence-electron chi connectivity index (χ4n) is 3.33. The Morgan fingerprint density at radius 1 is 1.11 bits per heavy atom. The number of nitrogens with two attached hydrogens (primary N) is 2. The molecule has 136 valence electrons. The van der Waals surface area contributed by atoms with Crippen molar-refractivity contribution in [3.05, 3.63) is 71.4 Å². The number of phenolic OH excluding ortho intramolecular Hbond substituents is 1. The number of hydrogen-bond donors (Lipinski definition) is 3. The molecular weight excluding hydrogens is 340 g/mol. The van der Waals surface area contributed by atoms with Crippen LogP contribution in [0.5, 0.6) is 5.75 Å². The number of aryl methyl sites for hydroxylation is 1. The molecular formula is C21H20N4O2. The molecule has 0 radical (unpaired) electrons. The van der Waals surface area contributed by atoms with Crippen molar-refractivity contribution in [2.45, 2.75) is 19.4 Å². The van der Waals surface area contributed by atoms with Gasteiger partial charge in [0.25, 0.3) is 0 Å². The van der Waals surface area contributed by atoms with Crippen molar-refractivity contribution in [3.63, 3.8) is 0 Å². The summed E-state index contributed by atoms with van der Waals surface area (Å²) in [5.41, 5.74) is 16.4. The minimum atomic E-state index is -0.348. The summed E-state index contributed by atoms with van der Waals surface area (Å²) < 4.78 is 6.06.